The summed E-state index contributed by atoms with van der Waals surface area (Å²) in [6.45, 7) is 9.66. The Morgan fingerprint density at radius 3 is 1.98 bits per heavy atom. The lowest BCUT2D eigenvalue weighted by atomic mass is 9.65. The Labute approximate surface area is 369 Å². The molecule has 0 fully saturated rings. The fraction of sp³-hybridized carbons (Fsp3) is 0.153. The van der Waals surface area contributed by atoms with E-state index in [9.17, 15) is 0 Å². The Morgan fingerprint density at radius 1 is 0.532 bits per heavy atom. The second-order valence-electron chi connectivity index (χ2n) is 18.3. The lowest BCUT2D eigenvalue weighted by molar-refractivity contribution is 0.290. The van der Waals surface area contributed by atoms with Crippen molar-refractivity contribution < 1.29 is 0 Å². The van der Waals surface area contributed by atoms with Crippen LogP contribution in [0.5, 0.6) is 0 Å². The molecule has 0 saturated heterocycles. The molecule has 8 aromatic carbocycles. The molecule has 1 aliphatic heterocycles. The molecule has 0 spiro atoms. The van der Waals surface area contributed by atoms with Crippen molar-refractivity contribution in [3.05, 3.63) is 211 Å². The number of benzene rings is 8. The van der Waals surface area contributed by atoms with Crippen LogP contribution in [-0.4, -0.2) is 6.04 Å². The van der Waals surface area contributed by atoms with Gasteiger partial charge in [0.2, 0.25) is 0 Å². The zero-order valence-electron chi connectivity index (χ0n) is 35.6. The summed E-state index contributed by atoms with van der Waals surface area (Å²) in [6.07, 6.45) is 5.94. The summed E-state index contributed by atoms with van der Waals surface area (Å²) in [6, 6.07) is 68.4. The van der Waals surface area contributed by atoms with Gasteiger partial charge >= 0.3 is 0 Å². The molecule has 3 aliphatic rings. The maximum atomic E-state index is 2.57. The van der Waals surface area contributed by atoms with Gasteiger partial charge in [-0.05, 0) is 129 Å². The Balaban J connectivity index is 0.950. The first-order valence-corrected chi connectivity index (χ1v) is 22.9. The van der Waals surface area contributed by atoms with Gasteiger partial charge in [-0.3, -0.25) is 0 Å². The second kappa shape index (κ2) is 13.9. The minimum atomic E-state index is -0.102. The SMILES string of the molecule is CC1CC=CC2N(c3ccccc3)c3ccc(-c4ccc(N(c5ccc(-c6cccc7c6sc6ccccc67)cc5)c5ccc6c(c5)C(C)(C)c5ccccc5-6)cc4)cc3C12C. The van der Waals surface area contributed by atoms with E-state index in [-0.39, 0.29) is 16.9 Å². The van der Waals surface area contributed by atoms with Crippen molar-refractivity contribution >= 4 is 59.9 Å². The number of hydrogen-bond donors (Lipinski definition) is 0. The van der Waals surface area contributed by atoms with Gasteiger partial charge in [-0.1, -0.05) is 155 Å². The molecule has 0 bridgehead atoms. The second-order valence-corrected chi connectivity index (χ2v) is 19.4. The quantitative estimate of drug-likeness (QED) is 0.154. The molecule has 0 saturated carbocycles. The largest absolute Gasteiger partial charge is 0.333 e. The van der Waals surface area contributed by atoms with Gasteiger partial charge in [-0.2, -0.15) is 0 Å². The Hall–Kier alpha value is -6.68. The zero-order valence-corrected chi connectivity index (χ0v) is 36.5. The van der Waals surface area contributed by atoms with Gasteiger partial charge in [0.05, 0.1) is 6.04 Å². The van der Waals surface area contributed by atoms with E-state index in [0.29, 0.717) is 5.92 Å². The molecule has 0 N–H and O–H groups in total. The summed E-state index contributed by atoms with van der Waals surface area (Å²) >= 11 is 1.89. The van der Waals surface area contributed by atoms with E-state index < -0.39 is 0 Å². The van der Waals surface area contributed by atoms with Crippen LogP contribution in [0.1, 0.15) is 50.8 Å². The number of anilines is 5. The van der Waals surface area contributed by atoms with E-state index >= 15 is 0 Å². The predicted octanol–water partition coefficient (Wildman–Crippen LogP) is 16.5. The normalized spacial score (nSPS) is 19.3. The molecule has 2 heterocycles. The molecule has 2 nitrogen and oxygen atoms in total. The van der Waals surface area contributed by atoms with Crippen LogP contribution in [0, 0.1) is 5.92 Å². The molecule has 3 heteroatoms. The van der Waals surface area contributed by atoms with Crippen LogP contribution >= 0.6 is 11.3 Å². The minimum absolute atomic E-state index is 0.00232. The van der Waals surface area contributed by atoms with Gasteiger partial charge < -0.3 is 9.80 Å². The number of hydrogen-bond acceptors (Lipinski definition) is 3. The van der Waals surface area contributed by atoms with Crippen LogP contribution < -0.4 is 9.80 Å². The summed E-state index contributed by atoms with van der Waals surface area (Å²) in [5, 5.41) is 2.65. The van der Waals surface area contributed by atoms with E-state index in [0.717, 1.165) is 23.5 Å². The molecule has 3 unspecified atom stereocenters. The first-order chi connectivity index (χ1) is 30.3. The third-order valence-electron chi connectivity index (χ3n) is 14.7. The van der Waals surface area contributed by atoms with Crippen LogP contribution in [0.4, 0.5) is 28.4 Å². The Bertz CT molecular complexity index is 3230. The monoisotopic (exact) mass is 816 g/mol. The summed E-state index contributed by atoms with van der Waals surface area (Å²) in [7, 11) is 0. The first kappa shape index (κ1) is 37.1. The van der Waals surface area contributed by atoms with Crippen molar-refractivity contribution in [2.75, 3.05) is 9.80 Å². The number of allylic oxidation sites excluding steroid dienone is 1. The van der Waals surface area contributed by atoms with Crippen molar-refractivity contribution in [2.24, 2.45) is 5.92 Å². The third-order valence-corrected chi connectivity index (χ3v) is 15.9. The lowest BCUT2D eigenvalue weighted by Crippen LogP contribution is -2.45. The van der Waals surface area contributed by atoms with Crippen molar-refractivity contribution in [2.45, 2.75) is 51.0 Å². The molecule has 0 radical (unpaired) electrons. The fourth-order valence-corrected chi connectivity index (χ4v) is 12.4. The van der Waals surface area contributed by atoms with Gasteiger partial charge in [0.1, 0.15) is 0 Å². The van der Waals surface area contributed by atoms with Gasteiger partial charge in [0.25, 0.3) is 0 Å². The number of rotatable bonds is 6. The minimum Gasteiger partial charge on any atom is -0.333 e. The summed E-state index contributed by atoms with van der Waals surface area (Å²) in [5.41, 5.74) is 17.8. The number of thiophene rings is 1. The van der Waals surface area contributed by atoms with E-state index in [1.165, 1.54) is 81.6 Å². The first-order valence-electron chi connectivity index (χ1n) is 22.1. The summed E-state index contributed by atoms with van der Waals surface area (Å²) < 4.78 is 2.67. The molecule has 3 atom stereocenters. The maximum absolute atomic E-state index is 2.57. The average Bonchev–Trinajstić information content (AvgIpc) is 3.91. The fourth-order valence-electron chi connectivity index (χ4n) is 11.2. The van der Waals surface area contributed by atoms with Crippen LogP contribution in [0.25, 0.3) is 53.6 Å². The summed E-state index contributed by atoms with van der Waals surface area (Å²) in [4.78, 5) is 5.01. The highest BCUT2D eigenvalue weighted by molar-refractivity contribution is 7.26. The van der Waals surface area contributed by atoms with Crippen molar-refractivity contribution in [3.63, 3.8) is 0 Å². The van der Waals surface area contributed by atoms with E-state index in [4.69, 9.17) is 0 Å². The van der Waals surface area contributed by atoms with Crippen LogP contribution in [0.3, 0.4) is 0 Å². The molecule has 62 heavy (non-hydrogen) atoms. The van der Waals surface area contributed by atoms with Gasteiger partial charge in [0, 0.05) is 59.4 Å². The molecule has 300 valence electrons. The van der Waals surface area contributed by atoms with E-state index in [2.05, 4.69) is 232 Å². The molecule has 0 amide bonds. The summed E-state index contributed by atoms with van der Waals surface area (Å²) in [5.74, 6) is 0.519. The highest BCUT2D eigenvalue weighted by Crippen LogP contribution is 2.56. The van der Waals surface area contributed by atoms with E-state index in [1.807, 2.05) is 11.3 Å². The maximum Gasteiger partial charge on any atom is 0.0619 e. The topological polar surface area (TPSA) is 6.48 Å². The molecule has 12 rings (SSSR count). The lowest BCUT2D eigenvalue weighted by Gasteiger charge is -2.42. The number of para-hydroxylation sites is 1. The van der Waals surface area contributed by atoms with Crippen LogP contribution in [-0.2, 0) is 10.8 Å². The van der Waals surface area contributed by atoms with Gasteiger partial charge in [-0.25, -0.2) is 0 Å². The molecule has 2 aliphatic carbocycles. The Kier molecular flexibility index (Phi) is 8.33. The van der Waals surface area contributed by atoms with Gasteiger partial charge in [0.15, 0.2) is 0 Å². The van der Waals surface area contributed by atoms with Crippen molar-refractivity contribution in [1.29, 1.82) is 0 Å². The van der Waals surface area contributed by atoms with E-state index in [1.54, 1.807) is 0 Å². The molecular weight excluding hydrogens is 769 g/mol. The van der Waals surface area contributed by atoms with Gasteiger partial charge in [-0.15, -0.1) is 11.3 Å². The highest BCUT2D eigenvalue weighted by atomic mass is 32.1. The highest BCUT2D eigenvalue weighted by Gasteiger charge is 2.51. The van der Waals surface area contributed by atoms with Crippen LogP contribution in [0.2, 0.25) is 0 Å². The van der Waals surface area contributed by atoms with Crippen molar-refractivity contribution in [3.8, 4) is 33.4 Å². The Morgan fingerprint density at radius 2 is 1.18 bits per heavy atom. The standard InChI is InChI=1S/C59H48N2S/c1-38-14-12-23-56-59(38,4)53-36-41(28-35-54(53)61(56)42-15-6-5-7-16-42)39-24-29-43(30-25-39)60(45-33-34-48-47-17-8-10-21-51(47)58(2,3)52(48)37-45)44-31-26-40(27-32-44)46-19-13-20-50-49-18-9-11-22-55(49)62-57(46)50/h5-13,15-38,56H,14H2,1-4H3. The smallest absolute Gasteiger partial charge is 0.0619 e. The number of fused-ring (bicyclic) bond motifs is 9. The molecule has 9 aromatic rings. The number of nitrogens with zero attached hydrogens (tertiary/aromatic N) is 2. The van der Waals surface area contributed by atoms with Crippen molar-refractivity contribution in [1.82, 2.24) is 0 Å². The molecular formula is C59H48N2S. The average molecular weight is 817 g/mol. The zero-order chi connectivity index (χ0) is 41.7. The molecule has 1 aromatic heterocycles. The van der Waals surface area contributed by atoms with Crippen LogP contribution in [0.15, 0.2) is 194 Å². The third kappa shape index (κ3) is 5.47. The predicted molar refractivity (Wildman–Crippen MR) is 265 cm³/mol.